The van der Waals surface area contributed by atoms with Gasteiger partial charge in [-0.3, -0.25) is 0 Å². The highest BCUT2D eigenvalue weighted by atomic mass is 15.1. The maximum absolute atomic E-state index is 3.58. The zero-order chi connectivity index (χ0) is 14.7. The van der Waals surface area contributed by atoms with Gasteiger partial charge in [0.2, 0.25) is 0 Å². The van der Waals surface area contributed by atoms with Crippen LogP contribution in [0.2, 0.25) is 0 Å². The molecular weight excluding hydrogens is 232 g/mol. The number of likely N-dealkylation sites (tertiary alicyclic amines) is 1. The van der Waals surface area contributed by atoms with E-state index in [2.05, 4.69) is 58.7 Å². The Bertz CT molecular complexity index is 255. The summed E-state index contributed by atoms with van der Waals surface area (Å²) in [6.07, 6.45) is 2.74. The van der Waals surface area contributed by atoms with E-state index in [0.29, 0.717) is 16.9 Å². The molecule has 0 aliphatic carbocycles. The zero-order valence-corrected chi connectivity index (χ0v) is 14.3. The molecule has 0 amide bonds. The van der Waals surface area contributed by atoms with Crippen molar-refractivity contribution in [3.05, 3.63) is 0 Å². The van der Waals surface area contributed by atoms with Gasteiger partial charge in [0.1, 0.15) is 0 Å². The van der Waals surface area contributed by atoms with E-state index in [9.17, 15) is 0 Å². The molecule has 2 heteroatoms. The van der Waals surface area contributed by atoms with Gasteiger partial charge in [-0.1, -0.05) is 48.5 Å². The molecule has 0 aromatic carbocycles. The summed E-state index contributed by atoms with van der Waals surface area (Å²) in [4.78, 5) is 2.67. The fourth-order valence-corrected chi connectivity index (χ4v) is 3.10. The molecule has 1 fully saturated rings. The summed E-state index contributed by atoms with van der Waals surface area (Å²) >= 11 is 0. The minimum absolute atomic E-state index is 0.374. The maximum atomic E-state index is 3.58. The number of rotatable bonds is 5. The van der Waals surface area contributed by atoms with E-state index in [0.717, 1.165) is 12.5 Å². The molecule has 114 valence electrons. The molecule has 0 unspecified atom stereocenters. The first kappa shape index (κ1) is 17.0. The summed E-state index contributed by atoms with van der Waals surface area (Å²) in [5, 5.41) is 3.58. The standard InChI is InChI=1S/C17H36N2/c1-14(2)18-12-17(6,7)13-19-10-8-15(9-11-19)16(3,4)5/h14-15,18H,8-13H2,1-7H3. The number of hydrogen-bond acceptors (Lipinski definition) is 2. The Morgan fingerprint density at radius 3 is 2.00 bits per heavy atom. The molecule has 1 N–H and O–H groups in total. The Balaban J connectivity index is 2.36. The molecule has 0 bridgehead atoms. The van der Waals surface area contributed by atoms with Crippen LogP contribution in [-0.4, -0.2) is 37.1 Å². The lowest BCUT2D eigenvalue weighted by Crippen LogP contribution is -2.46. The van der Waals surface area contributed by atoms with Gasteiger partial charge >= 0.3 is 0 Å². The Hall–Kier alpha value is -0.0800. The normalized spacial score (nSPS) is 20.2. The molecule has 0 spiro atoms. The Kier molecular flexibility index (Phi) is 5.88. The van der Waals surface area contributed by atoms with Crippen LogP contribution in [0.15, 0.2) is 0 Å². The lowest BCUT2D eigenvalue weighted by molar-refractivity contribution is 0.0836. The number of nitrogens with zero attached hydrogens (tertiary/aromatic N) is 1. The highest BCUT2D eigenvalue weighted by molar-refractivity contribution is 4.84. The van der Waals surface area contributed by atoms with Crippen LogP contribution in [0, 0.1) is 16.7 Å². The summed E-state index contributed by atoms with van der Waals surface area (Å²) in [7, 11) is 0. The quantitative estimate of drug-likeness (QED) is 0.816. The van der Waals surface area contributed by atoms with Crippen LogP contribution >= 0.6 is 0 Å². The third kappa shape index (κ3) is 6.27. The predicted octanol–water partition coefficient (Wildman–Crippen LogP) is 3.77. The number of nitrogens with one attached hydrogen (secondary N) is 1. The third-order valence-electron chi connectivity index (χ3n) is 4.45. The molecule has 0 saturated carbocycles. The van der Waals surface area contributed by atoms with Crippen molar-refractivity contribution < 1.29 is 0 Å². The highest BCUT2D eigenvalue weighted by Gasteiger charge is 2.30. The Morgan fingerprint density at radius 2 is 1.58 bits per heavy atom. The molecule has 19 heavy (non-hydrogen) atoms. The van der Waals surface area contributed by atoms with Crippen LogP contribution < -0.4 is 5.32 Å². The highest BCUT2D eigenvalue weighted by Crippen LogP contribution is 2.34. The third-order valence-corrected chi connectivity index (χ3v) is 4.45. The van der Waals surface area contributed by atoms with E-state index in [1.54, 1.807) is 0 Å². The van der Waals surface area contributed by atoms with Gasteiger partial charge in [-0.15, -0.1) is 0 Å². The van der Waals surface area contributed by atoms with Crippen molar-refractivity contribution in [3.63, 3.8) is 0 Å². The average Bonchev–Trinajstić information content (AvgIpc) is 2.25. The average molecular weight is 268 g/mol. The first-order valence-electron chi connectivity index (χ1n) is 8.06. The summed E-state index contributed by atoms with van der Waals surface area (Å²) in [5.74, 6) is 0.903. The van der Waals surface area contributed by atoms with Crippen LogP contribution in [0.5, 0.6) is 0 Å². The Labute approximate surface area is 121 Å². The van der Waals surface area contributed by atoms with Gasteiger partial charge in [-0.2, -0.15) is 0 Å². The molecule has 1 heterocycles. The van der Waals surface area contributed by atoms with Crippen molar-refractivity contribution in [1.29, 1.82) is 0 Å². The Morgan fingerprint density at radius 1 is 1.05 bits per heavy atom. The second-order valence-electron chi connectivity index (χ2n) is 8.62. The topological polar surface area (TPSA) is 15.3 Å². The van der Waals surface area contributed by atoms with E-state index >= 15 is 0 Å². The van der Waals surface area contributed by atoms with Gasteiger partial charge in [0.15, 0.2) is 0 Å². The van der Waals surface area contributed by atoms with Gasteiger partial charge < -0.3 is 10.2 Å². The van der Waals surface area contributed by atoms with Gasteiger partial charge in [-0.05, 0) is 42.7 Å². The van der Waals surface area contributed by atoms with Gasteiger partial charge in [0, 0.05) is 19.1 Å². The summed E-state index contributed by atoms with van der Waals surface area (Å²) in [6.45, 7) is 21.3. The number of hydrogen-bond donors (Lipinski definition) is 1. The first-order valence-corrected chi connectivity index (χ1v) is 8.06. The lowest BCUT2D eigenvalue weighted by atomic mass is 9.75. The maximum Gasteiger partial charge on any atom is 0.00448 e. The fourth-order valence-electron chi connectivity index (χ4n) is 3.10. The van der Waals surface area contributed by atoms with Gasteiger partial charge in [-0.25, -0.2) is 0 Å². The lowest BCUT2D eigenvalue weighted by Gasteiger charge is -2.41. The van der Waals surface area contributed by atoms with E-state index in [4.69, 9.17) is 0 Å². The van der Waals surface area contributed by atoms with Crippen molar-refractivity contribution in [2.75, 3.05) is 26.2 Å². The van der Waals surface area contributed by atoms with Crippen molar-refractivity contribution in [3.8, 4) is 0 Å². The van der Waals surface area contributed by atoms with E-state index < -0.39 is 0 Å². The van der Waals surface area contributed by atoms with Crippen molar-refractivity contribution >= 4 is 0 Å². The summed E-state index contributed by atoms with van der Waals surface area (Å²) < 4.78 is 0. The molecule has 1 aliphatic heterocycles. The molecule has 1 saturated heterocycles. The molecule has 1 aliphatic rings. The van der Waals surface area contributed by atoms with Crippen molar-refractivity contribution in [2.24, 2.45) is 16.7 Å². The van der Waals surface area contributed by atoms with E-state index in [1.807, 2.05) is 0 Å². The minimum atomic E-state index is 0.374. The molecule has 0 aromatic heterocycles. The predicted molar refractivity (Wildman–Crippen MR) is 85.5 cm³/mol. The van der Waals surface area contributed by atoms with E-state index in [-0.39, 0.29) is 0 Å². The molecular formula is C17H36N2. The monoisotopic (exact) mass is 268 g/mol. The zero-order valence-electron chi connectivity index (χ0n) is 14.3. The molecule has 0 radical (unpaired) electrons. The largest absolute Gasteiger partial charge is 0.314 e. The van der Waals surface area contributed by atoms with Gasteiger partial charge in [0.05, 0.1) is 0 Å². The van der Waals surface area contributed by atoms with Crippen LogP contribution in [0.1, 0.15) is 61.3 Å². The van der Waals surface area contributed by atoms with E-state index in [1.165, 1.54) is 32.5 Å². The molecule has 0 aromatic rings. The molecule has 0 atom stereocenters. The smallest absolute Gasteiger partial charge is 0.00448 e. The van der Waals surface area contributed by atoms with Crippen molar-refractivity contribution in [2.45, 2.75) is 67.3 Å². The molecule has 2 nitrogen and oxygen atoms in total. The second-order valence-corrected chi connectivity index (χ2v) is 8.62. The summed E-state index contributed by atoms with van der Waals surface area (Å²) in [6, 6.07) is 0.589. The minimum Gasteiger partial charge on any atom is -0.314 e. The van der Waals surface area contributed by atoms with Crippen LogP contribution in [-0.2, 0) is 0 Å². The second kappa shape index (κ2) is 6.58. The molecule has 1 rings (SSSR count). The first-order chi connectivity index (χ1) is 8.60. The van der Waals surface area contributed by atoms with Crippen LogP contribution in [0.3, 0.4) is 0 Å². The van der Waals surface area contributed by atoms with Crippen LogP contribution in [0.4, 0.5) is 0 Å². The van der Waals surface area contributed by atoms with Crippen LogP contribution in [0.25, 0.3) is 0 Å². The fraction of sp³-hybridized carbons (Fsp3) is 1.00. The van der Waals surface area contributed by atoms with Crippen molar-refractivity contribution in [1.82, 2.24) is 10.2 Å². The van der Waals surface area contributed by atoms with Gasteiger partial charge in [0.25, 0.3) is 0 Å². The SMILES string of the molecule is CC(C)NCC(C)(C)CN1CCC(C(C)(C)C)CC1. The number of piperidine rings is 1. The summed E-state index contributed by atoms with van der Waals surface area (Å²) in [5.41, 5.74) is 0.861.